The summed E-state index contributed by atoms with van der Waals surface area (Å²) < 4.78 is 16.2. The third-order valence-electron chi connectivity index (χ3n) is 6.18. The molecule has 0 fully saturated rings. The number of fused-ring (bicyclic) bond motifs is 2. The van der Waals surface area contributed by atoms with Crippen LogP contribution in [0.3, 0.4) is 0 Å². The van der Waals surface area contributed by atoms with Crippen LogP contribution in [0.1, 0.15) is 36.1 Å². The molecule has 3 heterocycles. The van der Waals surface area contributed by atoms with Crippen molar-refractivity contribution in [1.29, 1.82) is 0 Å². The fourth-order valence-corrected chi connectivity index (χ4v) is 5.44. The van der Waals surface area contributed by atoms with Gasteiger partial charge in [0.15, 0.2) is 16.7 Å². The predicted molar refractivity (Wildman–Crippen MR) is 142 cm³/mol. The molecule has 0 aliphatic carbocycles. The standard InChI is InChI=1S/C28H27N3O5S/c1-4-10-34-27(33)25-18(3)30-28-31(26(25)20-7-5-6-17(2)11-20)21(15-37-28)13-24(32)29-14-19-8-9-22-23(12-19)36-16-35-22/h4-9,11-12,15,26H,1,10,13-14,16H2,2-3H3,(H,29,32)/t26-/m1/s1. The Kier molecular flexibility index (Phi) is 7.05. The number of esters is 1. The van der Waals surface area contributed by atoms with E-state index >= 15 is 0 Å². The Labute approximate surface area is 219 Å². The van der Waals surface area contributed by atoms with Gasteiger partial charge in [0, 0.05) is 12.2 Å². The summed E-state index contributed by atoms with van der Waals surface area (Å²) in [5, 5.41) is 5.63. The molecule has 1 N–H and O–H groups in total. The lowest BCUT2D eigenvalue weighted by Gasteiger charge is -2.36. The fourth-order valence-electron chi connectivity index (χ4n) is 4.48. The number of thioether (sulfide) groups is 1. The number of carbonyl (C=O) groups excluding carboxylic acids is 2. The number of nitrogens with zero attached hydrogens (tertiary/aromatic N) is 2. The lowest BCUT2D eigenvalue weighted by molar-refractivity contribution is -0.138. The van der Waals surface area contributed by atoms with E-state index in [1.807, 2.05) is 66.6 Å². The Morgan fingerprint density at radius 3 is 2.86 bits per heavy atom. The molecule has 190 valence electrons. The molecule has 2 aromatic rings. The van der Waals surface area contributed by atoms with E-state index in [0.29, 0.717) is 29.3 Å². The van der Waals surface area contributed by atoms with Gasteiger partial charge in [-0.2, -0.15) is 0 Å². The van der Waals surface area contributed by atoms with Crippen LogP contribution in [0.25, 0.3) is 0 Å². The van der Waals surface area contributed by atoms with Crippen LogP contribution < -0.4 is 14.8 Å². The highest BCUT2D eigenvalue weighted by Crippen LogP contribution is 2.45. The predicted octanol–water partition coefficient (Wildman–Crippen LogP) is 4.73. The number of amides is 1. The maximum Gasteiger partial charge on any atom is 0.338 e. The summed E-state index contributed by atoms with van der Waals surface area (Å²) in [5.41, 5.74) is 4.71. The molecule has 0 aromatic heterocycles. The third kappa shape index (κ3) is 5.13. The van der Waals surface area contributed by atoms with Crippen molar-refractivity contribution in [2.75, 3.05) is 13.4 Å². The molecule has 37 heavy (non-hydrogen) atoms. The SMILES string of the molecule is C=CCOC(=O)C1=C(C)N=C2SC=C(CC(=O)NCc3ccc4c(c3)OCO4)N2[C@@H]1c1cccc(C)c1. The van der Waals surface area contributed by atoms with Crippen molar-refractivity contribution >= 4 is 28.8 Å². The summed E-state index contributed by atoms with van der Waals surface area (Å²) in [6, 6.07) is 13.1. The maximum atomic E-state index is 13.1. The molecule has 0 unspecified atom stereocenters. The summed E-state index contributed by atoms with van der Waals surface area (Å²) in [6.07, 6.45) is 1.67. The topological polar surface area (TPSA) is 89.5 Å². The zero-order chi connectivity index (χ0) is 25.9. The first-order valence-electron chi connectivity index (χ1n) is 11.9. The number of ether oxygens (including phenoxy) is 3. The van der Waals surface area contributed by atoms with Gasteiger partial charge < -0.3 is 24.4 Å². The zero-order valence-corrected chi connectivity index (χ0v) is 21.5. The molecular formula is C28H27N3O5S. The summed E-state index contributed by atoms with van der Waals surface area (Å²) in [7, 11) is 0. The Hall–Kier alpha value is -3.98. The van der Waals surface area contributed by atoms with Crippen LogP contribution in [-0.2, 0) is 20.9 Å². The Morgan fingerprint density at radius 1 is 1.22 bits per heavy atom. The number of amidine groups is 1. The molecule has 0 saturated carbocycles. The summed E-state index contributed by atoms with van der Waals surface area (Å²) in [6.45, 7) is 8.12. The third-order valence-corrected chi connectivity index (χ3v) is 7.07. The molecule has 0 bridgehead atoms. The van der Waals surface area contributed by atoms with Crippen LogP contribution in [0.5, 0.6) is 11.5 Å². The molecule has 1 atom stereocenters. The van der Waals surface area contributed by atoms with Crippen molar-refractivity contribution in [3.05, 3.63) is 94.2 Å². The van der Waals surface area contributed by atoms with Gasteiger partial charge in [0.05, 0.1) is 23.7 Å². The van der Waals surface area contributed by atoms with Crippen LogP contribution >= 0.6 is 11.8 Å². The number of carbonyl (C=O) groups is 2. The fraction of sp³-hybridized carbons (Fsp3) is 0.250. The van der Waals surface area contributed by atoms with Crippen LogP contribution in [-0.4, -0.2) is 35.3 Å². The molecule has 1 amide bonds. The van der Waals surface area contributed by atoms with Crippen molar-refractivity contribution in [2.24, 2.45) is 4.99 Å². The van der Waals surface area contributed by atoms with Gasteiger partial charge in [0.25, 0.3) is 0 Å². The van der Waals surface area contributed by atoms with Crippen molar-refractivity contribution in [3.63, 3.8) is 0 Å². The van der Waals surface area contributed by atoms with Gasteiger partial charge in [0.1, 0.15) is 6.61 Å². The van der Waals surface area contributed by atoms with Gasteiger partial charge in [-0.1, -0.05) is 60.3 Å². The van der Waals surface area contributed by atoms with Gasteiger partial charge in [-0.25, -0.2) is 9.79 Å². The average molecular weight is 518 g/mol. The first-order valence-corrected chi connectivity index (χ1v) is 12.8. The van der Waals surface area contributed by atoms with Crippen LogP contribution in [0.2, 0.25) is 0 Å². The first-order chi connectivity index (χ1) is 17.9. The molecule has 5 rings (SSSR count). The minimum absolute atomic E-state index is 0.104. The number of benzene rings is 2. The average Bonchev–Trinajstić information content (AvgIpc) is 3.51. The van der Waals surface area contributed by atoms with E-state index in [4.69, 9.17) is 14.2 Å². The molecule has 0 saturated heterocycles. The molecule has 3 aliphatic rings. The number of nitrogens with one attached hydrogen (secondary N) is 1. The second-order valence-electron chi connectivity index (χ2n) is 8.84. The number of aliphatic imine (C=N–C) groups is 1. The molecule has 8 nitrogen and oxygen atoms in total. The summed E-state index contributed by atoms with van der Waals surface area (Å²) in [4.78, 5) is 32.8. The normalized spacial score (nSPS) is 17.7. The van der Waals surface area contributed by atoms with Crippen LogP contribution in [0.15, 0.2) is 82.5 Å². The molecule has 2 aromatic carbocycles. The highest BCUT2D eigenvalue weighted by molar-refractivity contribution is 8.16. The Morgan fingerprint density at radius 2 is 2.05 bits per heavy atom. The van der Waals surface area contributed by atoms with Crippen molar-refractivity contribution in [3.8, 4) is 11.5 Å². The highest BCUT2D eigenvalue weighted by atomic mass is 32.2. The zero-order valence-electron chi connectivity index (χ0n) is 20.7. The smallest absolute Gasteiger partial charge is 0.338 e. The minimum Gasteiger partial charge on any atom is -0.458 e. The maximum absolute atomic E-state index is 13.1. The summed E-state index contributed by atoms with van der Waals surface area (Å²) in [5.74, 6) is 0.786. The van der Waals surface area contributed by atoms with Crippen LogP contribution in [0, 0.1) is 6.92 Å². The lowest BCUT2D eigenvalue weighted by Crippen LogP contribution is -2.38. The quantitative estimate of drug-likeness (QED) is 0.400. The highest BCUT2D eigenvalue weighted by Gasteiger charge is 2.41. The van der Waals surface area contributed by atoms with Crippen LogP contribution in [0.4, 0.5) is 0 Å². The second kappa shape index (κ2) is 10.6. The largest absolute Gasteiger partial charge is 0.458 e. The van der Waals surface area contributed by atoms with Gasteiger partial charge in [-0.15, -0.1) is 0 Å². The number of allylic oxidation sites excluding steroid dienone is 1. The number of hydrogen-bond acceptors (Lipinski definition) is 8. The van der Waals surface area contributed by atoms with E-state index in [0.717, 1.165) is 27.6 Å². The lowest BCUT2D eigenvalue weighted by atomic mass is 9.93. The van der Waals surface area contributed by atoms with Gasteiger partial charge in [-0.05, 0) is 42.5 Å². The monoisotopic (exact) mass is 517 g/mol. The minimum atomic E-state index is -0.465. The number of hydrogen-bond donors (Lipinski definition) is 1. The van der Waals surface area contributed by atoms with Crippen molar-refractivity contribution in [2.45, 2.75) is 32.9 Å². The van der Waals surface area contributed by atoms with E-state index in [9.17, 15) is 9.59 Å². The van der Waals surface area contributed by atoms with Gasteiger partial charge in [0.2, 0.25) is 12.7 Å². The molecule has 0 radical (unpaired) electrons. The van der Waals surface area contributed by atoms with E-state index < -0.39 is 12.0 Å². The molecular weight excluding hydrogens is 490 g/mol. The number of rotatable bonds is 8. The Bertz CT molecular complexity index is 1360. The molecule has 9 heteroatoms. The van der Waals surface area contributed by atoms with E-state index in [1.54, 1.807) is 0 Å². The second-order valence-corrected chi connectivity index (χ2v) is 9.67. The van der Waals surface area contributed by atoms with Crippen molar-refractivity contribution < 1.29 is 23.8 Å². The molecule has 3 aliphatic heterocycles. The van der Waals surface area contributed by atoms with E-state index in [-0.39, 0.29) is 25.7 Å². The van der Waals surface area contributed by atoms with E-state index in [1.165, 1.54) is 17.8 Å². The van der Waals surface area contributed by atoms with Crippen molar-refractivity contribution in [1.82, 2.24) is 10.2 Å². The Balaban J connectivity index is 1.37. The van der Waals surface area contributed by atoms with Gasteiger partial charge >= 0.3 is 5.97 Å². The summed E-state index contributed by atoms with van der Waals surface area (Å²) >= 11 is 1.44. The van der Waals surface area contributed by atoms with Gasteiger partial charge in [-0.3, -0.25) is 4.79 Å². The molecule has 0 spiro atoms. The van der Waals surface area contributed by atoms with E-state index in [2.05, 4.69) is 16.9 Å². The number of aryl methyl sites for hydroxylation is 1. The first kappa shape index (κ1) is 24.7.